The highest BCUT2D eigenvalue weighted by atomic mass is 32.2. The fourth-order valence-electron chi connectivity index (χ4n) is 2.51. The van der Waals surface area contributed by atoms with Gasteiger partial charge in [-0.15, -0.1) is 11.3 Å². The molecule has 1 aromatic heterocycles. The number of carbonyl (C=O) groups excluding carboxylic acids is 1. The van der Waals surface area contributed by atoms with E-state index in [-0.39, 0.29) is 27.8 Å². The minimum Gasteiger partial charge on any atom is -0.462 e. The molecule has 3 aromatic rings. The SMILES string of the molecule is CCOC(=O)c1cc(-c2ccccc2)cc(S(=O)(=O)c2cnc(CN)s2)c1. The third-order valence-electron chi connectivity index (χ3n) is 3.81. The number of ether oxygens (including phenoxy) is 1. The van der Waals surface area contributed by atoms with Crippen molar-refractivity contribution < 1.29 is 17.9 Å². The molecule has 140 valence electrons. The van der Waals surface area contributed by atoms with Crippen LogP contribution < -0.4 is 5.73 Å². The van der Waals surface area contributed by atoms with Gasteiger partial charge in [-0.25, -0.2) is 18.2 Å². The van der Waals surface area contributed by atoms with E-state index in [1.807, 2.05) is 30.3 Å². The van der Waals surface area contributed by atoms with Crippen LogP contribution in [0.1, 0.15) is 22.3 Å². The molecule has 0 aliphatic carbocycles. The summed E-state index contributed by atoms with van der Waals surface area (Å²) in [5.41, 5.74) is 7.13. The topological polar surface area (TPSA) is 99.4 Å². The first-order valence-corrected chi connectivity index (χ1v) is 10.5. The maximum atomic E-state index is 13.1. The van der Waals surface area contributed by atoms with E-state index in [0.29, 0.717) is 10.6 Å². The first-order chi connectivity index (χ1) is 13.0. The lowest BCUT2D eigenvalue weighted by Gasteiger charge is -2.10. The number of nitrogens with two attached hydrogens (primary N) is 1. The van der Waals surface area contributed by atoms with Crippen LogP contribution in [-0.4, -0.2) is 26.0 Å². The lowest BCUT2D eigenvalue weighted by atomic mass is 10.0. The monoisotopic (exact) mass is 402 g/mol. The second-order valence-corrected chi connectivity index (χ2v) is 8.90. The zero-order valence-electron chi connectivity index (χ0n) is 14.6. The summed E-state index contributed by atoms with van der Waals surface area (Å²) in [6.07, 6.45) is 1.29. The smallest absolute Gasteiger partial charge is 0.338 e. The van der Waals surface area contributed by atoms with E-state index in [1.165, 1.54) is 12.3 Å². The molecule has 3 rings (SSSR count). The zero-order chi connectivity index (χ0) is 19.4. The molecule has 0 spiro atoms. The first kappa shape index (κ1) is 19.2. The van der Waals surface area contributed by atoms with Gasteiger partial charge in [0.05, 0.1) is 23.3 Å². The van der Waals surface area contributed by atoms with E-state index in [9.17, 15) is 13.2 Å². The summed E-state index contributed by atoms with van der Waals surface area (Å²) in [6, 6.07) is 13.8. The lowest BCUT2D eigenvalue weighted by Crippen LogP contribution is -2.08. The van der Waals surface area contributed by atoms with E-state index in [0.717, 1.165) is 16.9 Å². The molecule has 27 heavy (non-hydrogen) atoms. The minimum atomic E-state index is -3.84. The second-order valence-electron chi connectivity index (χ2n) is 5.61. The average molecular weight is 402 g/mol. The third kappa shape index (κ3) is 4.08. The Hall–Kier alpha value is -2.55. The summed E-state index contributed by atoms with van der Waals surface area (Å²) in [7, 11) is -3.84. The summed E-state index contributed by atoms with van der Waals surface area (Å²) in [5.74, 6) is -0.571. The molecular formula is C19H18N2O4S2. The van der Waals surface area contributed by atoms with E-state index < -0.39 is 15.8 Å². The van der Waals surface area contributed by atoms with Gasteiger partial charge in [0.15, 0.2) is 0 Å². The van der Waals surface area contributed by atoms with Crippen molar-refractivity contribution in [3.63, 3.8) is 0 Å². The van der Waals surface area contributed by atoms with Gasteiger partial charge in [-0.05, 0) is 36.2 Å². The Balaban J connectivity index is 2.16. The van der Waals surface area contributed by atoms with Gasteiger partial charge in [-0.3, -0.25) is 0 Å². The molecule has 6 nitrogen and oxygen atoms in total. The second kappa shape index (κ2) is 7.99. The molecule has 8 heteroatoms. The van der Waals surface area contributed by atoms with Gasteiger partial charge in [-0.1, -0.05) is 30.3 Å². The third-order valence-corrected chi connectivity index (χ3v) is 7.02. The molecule has 0 unspecified atom stereocenters. The largest absolute Gasteiger partial charge is 0.462 e. The van der Waals surface area contributed by atoms with Crippen LogP contribution in [-0.2, 0) is 21.1 Å². The number of aromatic nitrogens is 1. The van der Waals surface area contributed by atoms with Gasteiger partial charge in [0.25, 0.3) is 0 Å². The lowest BCUT2D eigenvalue weighted by molar-refractivity contribution is 0.0526. The summed E-state index contributed by atoms with van der Waals surface area (Å²) in [5, 5.41) is 0.526. The predicted molar refractivity (Wildman–Crippen MR) is 103 cm³/mol. The Morgan fingerprint density at radius 2 is 1.89 bits per heavy atom. The molecule has 0 aliphatic rings. The molecule has 0 atom stereocenters. The predicted octanol–water partition coefficient (Wildman–Crippen LogP) is 3.28. The van der Waals surface area contributed by atoms with E-state index in [1.54, 1.807) is 19.1 Å². The van der Waals surface area contributed by atoms with E-state index in [4.69, 9.17) is 10.5 Å². The molecule has 0 bridgehead atoms. The fraction of sp³-hybridized carbons (Fsp3) is 0.158. The van der Waals surface area contributed by atoms with Crippen molar-refractivity contribution in [1.82, 2.24) is 4.98 Å². The highest BCUT2D eigenvalue weighted by Gasteiger charge is 2.23. The van der Waals surface area contributed by atoms with Crippen LogP contribution in [0.5, 0.6) is 0 Å². The highest BCUT2D eigenvalue weighted by Crippen LogP contribution is 2.31. The number of esters is 1. The Morgan fingerprint density at radius 3 is 2.52 bits per heavy atom. The molecule has 1 heterocycles. The molecule has 2 N–H and O–H groups in total. The number of sulfone groups is 1. The zero-order valence-corrected chi connectivity index (χ0v) is 16.2. The number of thiazole rings is 1. The Kier molecular flexibility index (Phi) is 5.69. The quantitative estimate of drug-likeness (QED) is 0.635. The van der Waals surface area contributed by atoms with Crippen molar-refractivity contribution in [3.8, 4) is 11.1 Å². The molecule has 0 saturated carbocycles. The maximum absolute atomic E-state index is 13.1. The van der Waals surface area contributed by atoms with Crippen LogP contribution in [0, 0.1) is 0 Å². The van der Waals surface area contributed by atoms with E-state index in [2.05, 4.69) is 4.98 Å². The van der Waals surface area contributed by atoms with Gasteiger partial charge in [0.2, 0.25) is 9.84 Å². The normalized spacial score (nSPS) is 11.3. The van der Waals surface area contributed by atoms with E-state index >= 15 is 0 Å². The van der Waals surface area contributed by atoms with Gasteiger partial charge >= 0.3 is 5.97 Å². The van der Waals surface area contributed by atoms with Gasteiger partial charge < -0.3 is 10.5 Å². The number of hydrogen-bond donors (Lipinski definition) is 1. The first-order valence-electron chi connectivity index (χ1n) is 8.23. The van der Waals surface area contributed by atoms with Crippen molar-refractivity contribution in [1.29, 1.82) is 0 Å². The van der Waals surface area contributed by atoms with Crippen LogP contribution in [0.3, 0.4) is 0 Å². The van der Waals surface area contributed by atoms with Crippen LogP contribution in [0.4, 0.5) is 0 Å². The average Bonchev–Trinajstić information content (AvgIpc) is 3.18. The summed E-state index contributed by atoms with van der Waals surface area (Å²) in [6.45, 7) is 2.06. The van der Waals surface area contributed by atoms with Crippen LogP contribution >= 0.6 is 11.3 Å². The molecule has 2 aromatic carbocycles. The van der Waals surface area contributed by atoms with Crippen LogP contribution in [0.25, 0.3) is 11.1 Å². The van der Waals surface area contributed by atoms with Crippen molar-refractivity contribution in [2.75, 3.05) is 6.61 Å². The molecule has 0 amide bonds. The Bertz CT molecular complexity index is 1060. The number of benzene rings is 2. The molecule has 0 fully saturated rings. The van der Waals surface area contributed by atoms with Gasteiger partial charge in [0, 0.05) is 6.54 Å². The standard InChI is InChI=1S/C19H18N2O4S2/c1-2-25-19(22)15-8-14(13-6-4-3-5-7-13)9-16(10-15)27(23,24)18-12-21-17(11-20)26-18/h3-10,12H,2,11,20H2,1H3. The van der Waals surface area contributed by atoms with Gasteiger partial charge in [0.1, 0.15) is 9.22 Å². The van der Waals surface area contributed by atoms with Crippen LogP contribution in [0.2, 0.25) is 0 Å². The fourth-order valence-corrected chi connectivity index (χ4v) is 5.04. The summed E-state index contributed by atoms with van der Waals surface area (Å²) in [4.78, 5) is 16.3. The van der Waals surface area contributed by atoms with Crippen molar-refractivity contribution in [2.45, 2.75) is 22.6 Å². The number of nitrogens with zero attached hydrogens (tertiary/aromatic N) is 1. The maximum Gasteiger partial charge on any atom is 0.338 e. The number of carbonyl (C=O) groups is 1. The molecule has 0 saturated heterocycles. The molecule has 0 aliphatic heterocycles. The number of rotatable bonds is 6. The van der Waals surface area contributed by atoms with Crippen molar-refractivity contribution >= 4 is 27.1 Å². The number of hydrogen-bond acceptors (Lipinski definition) is 7. The minimum absolute atomic E-state index is 0.0131. The molecular weight excluding hydrogens is 384 g/mol. The van der Waals surface area contributed by atoms with Crippen molar-refractivity contribution in [2.24, 2.45) is 5.73 Å². The Labute approximate surface area is 161 Å². The van der Waals surface area contributed by atoms with Gasteiger partial charge in [-0.2, -0.15) is 0 Å². The Morgan fingerprint density at radius 1 is 1.15 bits per heavy atom. The van der Waals surface area contributed by atoms with Crippen molar-refractivity contribution in [3.05, 3.63) is 65.3 Å². The summed E-state index contributed by atoms with van der Waals surface area (Å²) < 4.78 is 31.3. The van der Waals surface area contributed by atoms with Crippen LogP contribution in [0.15, 0.2) is 63.8 Å². The summed E-state index contributed by atoms with van der Waals surface area (Å²) >= 11 is 1.02. The molecule has 0 radical (unpaired) electrons. The highest BCUT2D eigenvalue weighted by molar-refractivity contribution is 7.93.